The Hall–Kier alpha value is -3.91. The maximum atomic E-state index is 13.5. The fraction of sp³-hybridized carbons (Fsp3) is 0.304. The van der Waals surface area contributed by atoms with Crippen molar-refractivity contribution in [3.8, 4) is 23.2 Å². The third-order valence-electron chi connectivity index (χ3n) is 4.82. The first-order chi connectivity index (χ1) is 16.0. The molecule has 0 spiro atoms. The number of carbonyl (C=O) groups is 1. The van der Waals surface area contributed by atoms with Gasteiger partial charge in [-0.3, -0.25) is 0 Å². The molecule has 0 bridgehead atoms. The maximum absolute atomic E-state index is 13.5. The largest absolute Gasteiger partial charge is 0.481 e. The van der Waals surface area contributed by atoms with E-state index in [4.69, 9.17) is 4.74 Å². The Balaban J connectivity index is 2.16. The molecule has 34 heavy (non-hydrogen) atoms. The Morgan fingerprint density at radius 3 is 2.56 bits per heavy atom. The van der Waals surface area contributed by atoms with E-state index in [1.165, 1.54) is 42.7 Å². The van der Waals surface area contributed by atoms with Crippen LogP contribution >= 0.6 is 0 Å². The predicted octanol–water partition coefficient (Wildman–Crippen LogP) is 3.59. The highest BCUT2D eigenvalue weighted by molar-refractivity contribution is 7.90. The summed E-state index contributed by atoms with van der Waals surface area (Å²) in [5, 5.41) is 19.2. The van der Waals surface area contributed by atoms with E-state index < -0.39 is 16.1 Å². The van der Waals surface area contributed by atoms with Gasteiger partial charge in [-0.2, -0.15) is 5.26 Å². The molecule has 0 aliphatic heterocycles. The lowest BCUT2D eigenvalue weighted by Crippen LogP contribution is -2.36. The van der Waals surface area contributed by atoms with E-state index in [2.05, 4.69) is 9.97 Å². The zero-order valence-electron chi connectivity index (χ0n) is 19.3. The number of nitrogens with zero attached hydrogens (tertiary/aromatic N) is 5. The van der Waals surface area contributed by atoms with E-state index >= 15 is 0 Å². The SMILES string of the molecule is COc1ccc(S(=O)(=O)n2cc(CN(CC(C)(C)C)C(=O)O)cc2-c2cccnc2C#N)cn1. The molecule has 1 N–H and O–H groups in total. The molecule has 178 valence electrons. The van der Waals surface area contributed by atoms with Crippen molar-refractivity contribution in [2.45, 2.75) is 32.2 Å². The second-order valence-electron chi connectivity index (χ2n) is 8.78. The number of rotatable bonds is 7. The Kier molecular flexibility index (Phi) is 6.93. The van der Waals surface area contributed by atoms with E-state index in [0.29, 0.717) is 11.1 Å². The van der Waals surface area contributed by atoms with Gasteiger partial charge >= 0.3 is 6.09 Å². The van der Waals surface area contributed by atoms with Crippen molar-refractivity contribution in [3.63, 3.8) is 0 Å². The molecule has 0 aliphatic carbocycles. The molecule has 3 heterocycles. The highest BCUT2D eigenvalue weighted by Gasteiger charge is 2.26. The number of nitriles is 1. The van der Waals surface area contributed by atoms with E-state index in [1.807, 2.05) is 26.8 Å². The minimum Gasteiger partial charge on any atom is -0.481 e. The lowest BCUT2D eigenvalue weighted by atomic mass is 9.96. The summed E-state index contributed by atoms with van der Waals surface area (Å²) in [6.07, 6.45) is 2.86. The first-order valence-corrected chi connectivity index (χ1v) is 11.7. The molecule has 0 unspecified atom stereocenters. The van der Waals surface area contributed by atoms with Crippen LogP contribution in [0.4, 0.5) is 4.79 Å². The summed E-state index contributed by atoms with van der Waals surface area (Å²) in [6, 6.07) is 9.51. The van der Waals surface area contributed by atoms with E-state index in [9.17, 15) is 23.6 Å². The number of hydrogen-bond donors (Lipinski definition) is 1. The Morgan fingerprint density at radius 2 is 2.00 bits per heavy atom. The zero-order valence-corrected chi connectivity index (χ0v) is 20.1. The van der Waals surface area contributed by atoms with Gasteiger partial charge in [-0.15, -0.1) is 0 Å². The van der Waals surface area contributed by atoms with Crippen LogP contribution in [0, 0.1) is 16.7 Å². The number of ether oxygens (including phenoxy) is 1. The van der Waals surface area contributed by atoms with Crippen molar-refractivity contribution < 1.29 is 23.1 Å². The van der Waals surface area contributed by atoms with Crippen LogP contribution in [0.15, 0.2) is 53.8 Å². The number of hydrogen-bond acceptors (Lipinski definition) is 7. The monoisotopic (exact) mass is 483 g/mol. The maximum Gasteiger partial charge on any atom is 0.407 e. The Labute approximate surface area is 198 Å². The summed E-state index contributed by atoms with van der Waals surface area (Å²) in [5.41, 5.74) is 0.679. The molecule has 10 nitrogen and oxygen atoms in total. The quantitative estimate of drug-likeness (QED) is 0.538. The molecule has 0 aliphatic rings. The van der Waals surface area contributed by atoms with Gasteiger partial charge < -0.3 is 14.7 Å². The van der Waals surface area contributed by atoms with Gasteiger partial charge in [0.25, 0.3) is 10.0 Å². The summed E-state index contributed by atoms with van der Waals surface area (Å²) in [4.78, 5) is 21.0. The molecule has 3 rings (SSSR count). The highest BCUT2D eigenvalue weighted by Crippen LogP contribution is 2.30. The standard InChI is InChI=1S/C23H25N5O5S/c1-23(2,3)15-27(22(29)30)13-16-10-20(18-6-5-9-25-19(18)11-24)28(14-16)34(31,32)17-7-8-21(33-4)26-12-17/h5-10,12,14H,13,15H2,1-4H3,(H,29,30). The minimum atomic E-state index is -4.14. The van der Waals surface area contributed by atoms with Gasteiger partial charge in [-0.25, -0.2) is 27.2 Å². The summed E-state index contributed by atoms with van der Waals surface area (Å²) >= 11 is 0. The van der Waals surface area contributed by atoms with Crippen molar-refractivity contribution in [1.82, 2.24) is 18.8 Å². The Bertz CT molecular complexity index is 1340. The van der Waals surface area contributed by atoms with Crippen molar-refractivity contribution in [3.05, 3.63) is 60.2 Å². The molecular weight excluding hydrogens is 458 g/mol. The van der Waals surface area contributed by atoms with Gasteiger partial charge in [0.2, 0.25) is 5.88 Å². The van der Waals surface area contributed by atoms with Gasteiger partial charge in [0.1, 0.15) is 16.7 Å². The smallest absolute Gasteiger partial charge is 0.407 e. The fourth-order valence-corrected chi connectivity index (χ4v) is 4.75. The molecular formula is C23H25N5O5S. The fourth-order valence-electron chi connectivity index (χ4n) is 3.42. The number of carboxylic acid groups (broad SMARTS) is 1. The molecule has 0 atom stereocenters. The van der Waals surface area contributed by atoms with Crippen LogP contribution in [-0.2, 0) is 16.6 Å². The average molecular weight is 484 g/mol. The highest BCUT2D eigenvalue weighted by atomic mass is 32.2. The van der Waals surface area contributed by atoms with Crippen LogP contribution in [0.25, 0.3) is 11.3 Å². The first kappa shape index (κ1) is 24.7. The van der Waals surface area contributed by atoms with Crippen molar-refractivity contribution in [2.24, 2.45) is 5.41 Å². The molecule has 3 aromatic rings. The second kappa shape index (κ2) is 9.52. The van der Waals surface area contributed by atoms with Gasteiger partial charge in [-0.05, 0) is 35.2 Å². The topological polar surface area (TPSA) is 138 Å². The van der Waals surface area contributed by atoms with Crippen molar-refractivity contribution >= 4 is 16.1 Å². The average Bonchev–Trinajstić information content (AvgIpc) is 3.22. The van der Waals surface area contributed by atoms with Crippen LogP contribution in [-0.4, -0.2) is 52.1 Å². The van der Waals surface area contributed by atoms with Crippen LogP contribution in [0.2, 0.25) is 0 Å². The van der Waals surface area contributed by atoms with Crippen molar-refractivity contribution in [2.75, 3.05) is 13.7 Å². The minimum absolute atomic E-state index is 0.0366. The summed E-state index contributed by atoms with van der Waals surface area (Å²) < 4.78 is 33.1. The lowest BCUT2D eigenvalue weighted by Gasteiger charge is -2.27. The summed E-state index contributed by atoms with van der Waals surface area (Å²) in [6.45, 7) is 5.94. The lowest BCUT2D eigenvalue weighted by molar-refractivity contribution is 0.123. The van der Waals surface area contributed by atoms with E-state index in [-0.39, 0.29) is 40.7 Å². The molecule has 0 saturated heterocycles. The van der Waals surface area contributed by atoms with Crippen LogP contribution in [0.3, 0.4) is 0 Å². The van der Waals surface area contributed by atoms with Gasteiger partial charge in [-0.1, -0.05) is 20.8 Å². The first-order valence-electron chi connectivity index (χ1n) is 10.3. The van der Waals surface area contributed by atoms with Crippen molar-refractivity contribution in [1.29, 1.82) is 5.26 Å². The van der Waals surface area contributed by atoms with E-state index in [1.54, 1.807) is 18.2 Å². The Morgan fingerprint density at radius 1 is 1.26 bits per heavy atom. The van der Waals surface area contributed by atoms with Gasteiger partial charge in [0.15, 0.2) is 0 Å². The van der Waals surface area contributed by atoms with Crippen LogP contribution in [0.1, 0.15) is 32.0 Å². The normalized spacial score (nSPS) is 11.6. The van der Waals surface area contributed by atoms with Gasteiger partial charge in [0, 0.05) is 30.6 Å². The summed E-state index contributed by atoms with van der Waals surface area (Å²) in [5.74, 6) is 0.255. The number of amides is 1. The number of pyridine rings is 2. The third kappa shape index (κ3) is 5.35. The second-order valence-corrected chi connectivity index (χ2v) is 10.6. The van der Waals surface area contributed by atoms with Crippen LogP contribution in [0.5, 0.6) is 5.88 Å². The number of methoxy groups -OCH3 is 1. The van der Waals surface area contributed by atoms with Crippen LogP contribution < -0.4 is 4.74 Å². The molecule has 0 radical (unpaired) electrons. The van der Waals surface area contributed by atoms with Gasteiger partial charge in [0.05, 0.1) is 25.5 Å². The third-order valence-corrected chi connectivity index (χ3v) is 6.47. The molecule has 0 saturated carbocycles. The summed E-state index contributed by atoms with van der Waals surface area (Å²) in [7, 11) is -2.72. The van der Waals surface area contributed by atoms with E-state index in [0.717, 1.165) is 3.97 Å². The molecule has 0 fully saturated rings. The molecule has 1 amide bonds. The molecule has 11 heteroatoms. The predicted molar refractivity (Wildman–Crippen MR) is 124 cm³/mol. The zero-order chi connectivity index (χ0) is 25.1. The number of aromatic nitrogens is 3. The molecule has 3 aromatic heterocycles. The molecule has 0 aromatic carbocycles.